The molecule has 0 saturated carbocycles. The van der Waals surface area contributed by atoms with Crippen LogP contribution in [0.1, 0.15) is 39.1 Å². The molecule has 3 heterocycles. The van der Waals surface area contributed by atoms with Crippen molar-refractivity contribution in [3.05, 3.63) is 112 Å². The normalized spacial score (nSPS) is 14.1. The lowest BCUT2D eigenvalue weighted by Gasteiger charge is -2.22. The number of hydrazone groups is 1. The number of amides is 2. The molecule has 1 aliphatic rings. The number of hydrogen-bond acceptors (Lipinski definition) is 10. The van der Waals surface area contributed by atoms with Gasteiger partial charge in [-0.05, 0) is 53.4 Å². The molecule has 2 amide bonds. The lowest BCUT2D eigenvalue weighted by molar-refractivity contribution is -0.130. The van der Waals surface area contributed by atoms with Crippen molar-refractivity contribution < 1.29 is 23.8 Å². The van der Waals surface area contributed by atoms with Gasteiger partial charge >= 0.3 is 0 Å². The highest BCUT2D eigenvalue weighted by Gasteiger charge is 2.34. The molecular weight excluding hydrogens is 637 g/mol. The summed E-state index contributed by atoms with van der Waals surface area (Å²) in [6, 6.07) is 26.0. The van der Waals surface area contributed by atoms with Crippen LogP contribution < -0.4 is 19.5 Å². The van der Waals surface area contributed by atoms with E-state index in [0.717, 1.165) is 27.6 Å². The lowest BCUT2D eigenvalue weighted by atomic mass is 10.0. The second-order valence-corrected chi connectivity index (χ2v) is 12.3. The fourth-order valence-corrected chi connectivity index (χ4v) is 6.70. The van der Waals surface area contributed by atoms with Crippen LogP contribution in [0.2, 0.25) is 0 Å². The van der Waals surface area contributed by atoms with Gasteiger partial charge in [-0.2, -0.15) is 5.10 Å². The molecule has 1 aliphatic heterocycles. The van der Waals surface area contributed by atoms with Gasteiger partial charge in [0.1, 0.15) is 17.2 Å². The smallest absolute Gasteiger partial charge is 0.253 e. The van der Waals surface area contributed by atoms with Crippen LogP contribution in [0, 0.1) is 0 Å². The second kappa shape index (κ2) is 14.5. The van der Waals surface area contributed by atoms with E-state index in [0.29, 0.717) is 34.5 Å². The SMILES string of the molecule is COc1ccc([C@H]2CC(c3cccs3)=NN2C(=O)CSc2nnc(CNC(=O)c3cc(OC)cc(OC)c3)n2-c2ccccc2)cc1. The molecule has 6 rings (SSSR count). The number of nitrogens with one attached hydrogen (secondary N) is 1. The molecule has 240 valence electrons. The number of para-hydroxylation sites is 1. The number of benzene rings is 3. The number of methoxy groups -OCH3 is 3. The van der Waals surface area contributed by atoms with Gasteiger partial charge < -0.3 is 19.5 Å². The molecule has 5 aromatic rings. The molecule has 0 spiro atoms. The Hall–Kier alpha value is -5.14. The van der Waals surface area contributed by atoms with Crippen LogP contribution in [0.4, 0.5) is 0 Å². The first-order chi connectivity index (χ1) is 23.0. The molecule has 1 atom stereocenters. The minimum atomic E-state index is -0.327. The number of carbonyl (C=O) groups excluding carboxylic acids is 2. The topological polar surface area (TPSA) is 120 Å². The third-order valence-corrected chi connectivity index (χ3v) is 9.36. The van der Waals surface area contributed by atoms with Gasteiger partial charge in [-0.25, -0.2) is 5.01 Å². The van der Waals surface area contributed by atoms with E-state index in [4.69, 9.17) is 19.3 Å². The van der Waals surface area contributed by atoms with E-state index in [1.165, 1.54) is 26.0 Å². The van der Waals surface area contributed by atoms with Crippen LogP contribution >= 0.6 is 23.1 Å². The van der Waals surface area contributed by atoms with E-state index in [1.54, 1.807) is 41.7 Å². The summed E-state index contributed by atoms with van der Waals surface area (Å²) in [7, 11) is 4.68. The van der Waals surface area contributed by atoms with Crippen molar-refractivity contribution in [1.29, 1.82) is 0 Å². The lowest BCUT2D eigenvalue weighted by Crippen LogP contribution is -2.28. The Labute approximate surface area is 280 Å². The maximum Gasteiger partial charge on any atom is 0.253 e. The Morgan fingerprint density at radius 3 is 2.28 bits per heavy atom. The van der Waals surface area contributed by atoms with Crippen LogP contribution in [0.15, 0.2) is 101 Å². The quantitative estimate of drug-likeness (QED) is 0.167. The first-order valence-corrected chi connectivity index (χ1v) is 16.5. The van der Waals surface area contributed by atoms with E-state index < -0.39 is 0 Å². The number of aromatic nitrogens is 3. The summed E-state index contributed by atoms with van der Waals surface area (Å²) >= 11 is 2.87. The number of ether oxygens (including phenoxy) is 3. The van der Waals surface area contributed by atoms with Crippen LogP contribution in [0.5, 0.6) is 17.2 Å². The maximum absolute atomic E-state index is 13.8. The van der Waals surface area contributed by atoms with Crippen LogP contribution in [0.3, 0.4) is 0 Å². The van der Waals surface area contributed by atoms with Crippen molar-refractivity contribution in [3.8, 4) is 22.9 Å². The first kappa shape index (κ1) is 31.8. The fraction of sp³-hybridized carbons (Fsp3) is 0.206. The number of carbonyl (C=O) groups is 2. The van der Waals surface area contributed by atoms with E-state index in [2.05, 4.69) is 15.5 Å². The Morgan fingerprint density at radius 1 is 0.894 bits per heavy atom. The van der Waals surface area contributed by atoms with Gasteiger partial charge in [0.2, 0.25) is 0 Å². The molecule has 0 bridgehead atoms. The van der Waals surface area contributed by atoms with Crippen molar-refractivity contribution in [3.63, 3.8) is 0 Å². The average molecular weight is 669 g/mol. The van der Waals surface area contributed by atoms with Gasteiger partial charge in [0.25, 0.3) is 11.8 Å². The molecule has 0 unspecified atom stereocenters. The fourth-order valence-electron chi connectivity index (χ4n) is 5.15. The molecule has 11 nitrogen and oxygen atoms in total. The third kappa shape index (κ3) is 7.16. The standard InChI is InChI=1S/C34H32N6O5S2/c1-43-25-13-11-22(12-14-25)29-19-28(30-10-7-15-46-30)38-40(29)32(41)21-47-34-37-36-31(39(34)24-8-5-4-6-9-24)20-35-33(42)23-16-26(44-2)18-27(17-23)45-3/h4-18,29H,19-21H2,1-3H3,(H,35,42)/t29-/m1/s1. The van der Waals surface area contributed by atoms with E-state index >= 15 is 0 Å². The average Bonchev–Trinajstić information content (AvgIpc) is 3.90. The number of nitrogens with zero attached hydrogens (tertiary/aromatic N) is 5. The van der Waals surface area contributed by atoms with Gasteiger partial charge in [-0.15, -0.1) is 21.5 Å². The summed E-state index contributed by atoms with van der Waals surface area (Å²) in [6.07, 6.45) is 0.604. The van der Waals surface area contributed by atoms with Crippen molar-refractivity contribution >= 4 is 40.6 Å². The highest BCUT2D eigenvalue weighted by atomic mass is 32.2. The summed E-state index contributed by atoms with van der Waals surface area (Å²) in [6.45, 7) is 0.0922. The number of rotatable bonds is 12. The summed E-state index contributed by atoms with van der Waals surface area (Å²) in [4.78, 5) is 28.0. The van der Waals surface area contributed by atoms with Gasteiger partial charge in [0.15, 0.2) is 11.0 Å². The largest absolute Gasteiger partial charge is 0.497 e. The maximum atomic E-state index is 13.8. The predicted octanol–water partition coefficient (Wildman–Crippen LogP) is 5.75. The Kier molecular flexibility index (Phi) is 9.83. The Morgan fingerprint density at radius 2 is 1.62 bits per heavy atom. The van der Waals surface area contributed by atoms with Crippen LogP contribution in [-0.2, 0) is 11.3 Å². The van der Waals surface area contributed by atoms with Crippen LogP contribution in [-0.4, -0.2) is 64.4 Å². The number of thioether (sulfide) groups is 1. The van der Waals surface area contributed by atoms with Crippen LogP contribution in [0.25, 0.3) is 5.69 Å². The highest BCUT2D eigenvalue weighted by molar-refractivity contribution is 7.99. The summed E-state index contributed by atoms with van der Waals surface area (Å²) in [5, 5.41) is 20.6. The van der Waals surface area contributed by atoms with Crippen molar-refractivity contribution in [2.45, 2.75) is 24.2 Å². The van der Waals surface area contributed by atoms with E-state index in [-0.39, 0.29) is 30.2 Å². The van der Waals surface area contributed by atoms with Gasteiger partial charge in [-0.3, -0.25) is 14.2 Å². The van der Waals surface area contributed by atoms with Crippen molar-refractivity contribution in [2.24, 2.45) is 5.10 Å². The molecule has 3 aromatic carbocycles. The van der Waals surface area contributed by atoms with Gasteiger partial charge in [0, 0.05) is 23.7 Å². The molecule has 0 aliphatic carbocycles. The molecular formula is C34H32N6O5S2. The zero-order valence-electron chi connectivity index (χ0n) is 26.0. The predicted molar refractivity (Wildman–Crippen MR) is 181 cm³/mol. The van der Waals surface area contributed by atoms with Crippen molar-refractivity contribution in [2.75, 3.05) is 27.1 Å². The van der Waals surface area contributed by atoms with Crippen molar-refractivity contribution in [1.82, 2.24) is 25.1 Å². The first-order valence-electron chi connectivity index (χ1n) is 14.7. The second-order valence-electron chi connectivity index (χ2n) is 10.4. The molecule has 0 fully saturated rings. The molecule has 0 radical (unpaired) electrons. The summed E-state index contributed by atoms with van der Waals surface area (Å²) in [5.41, 5.74) is 3.03. The zero-order chi connectivity index (χ0) is 32.8. The molecule has 1 N–H and O–H groups in total. The van der Waals surface area contributed by atoms with E-state index in [9.17, 15) is 9.59 Å². The monoisotopic (exact) mass is 668 g/mol. The zero-order valence-corrected chi connectivity index (χ0v) is 27.6. The summed E-state index contributed by atoms with van der Waals surface area (Å²) in [5.74, 6) is 1.85. The molecule has 13 heteroatoms. The highest BCUT2D eigenvalue weighted by Crippen LogP contribution is 2.35. The van der Waals surface area contributed by atoms with Gasteiger partial charge in [-0.1, -0.05) is 48.2 Å². The van der Waals surface area contributed by atoms with Gasteiger partial charge in [0.05, 0.1) is 50.3 Å². The molecule has 2 aromatic heterocycles. The third-order valence-electron chi connectivity index (χ3n) is 7.53. The number of hydrogen-bond donors (Lipinski definition) is 1. The minimum Gasteiger partial charge on any atom is -0.497 e. The Balaban J connectivity index is 1.22. The summed E-state index contributed by atoms with van der Waals surface area (Å²) < 4.78 is 17.8. The molecule has 47 heavy (non-hydrogen) atoms. The van der Waals surface area contributed by atoms with E-state index in [1.807, 2.05) is 76.7 Å². The number of thiophene rings is 1. The Bertz CT molecular complexity index is 1850. The minimum absolute atomic E-state index is 0.0782. The molecule has 0 saturated heterocycles.